The number of aromatic amines is 1. The number of benzene rings is 1. The van der Waals surface area contributed by atoms with Crippen molar-refractivity contribution < 1.29 is 10.1 Å². The molecule has 0 radical (unpaired) electrons. The van der Waals surface area contributed by atoms with Gasteiger partial charge in [-0.05, 0) is 42.8 Å². The number of aromatic nitrogens is 2. The molecule has 6 heteroatoms. The molecule has 2 aliphatic rings. The fourth-order valence-corrected chi connectivity index (χ4v) is 4.48. The second kappa shape index (κ2) is 10.1. The molecule has 1 aliphatic heterocycles. The monoisotopic (exact) mass is 452 g/mol. The third-order valence-corrected chi connectivity index (χ3v) is 6.38. The first-order valence-corrected chi connectivity index (χ1v) is 11.7. The van der Waals surface area contributed by atoms with Crippen molar-refractivity contribution in [2.45, 2.75) is 38.1 Å². The van der Waals surface area contributed by atoms with E-state index in [-0.39, 0.29) is 5.92 Å². The van der Waals surface area contributed by atoms with Crippen molar-refractivity contribution in [2.75, 3.05) is 0 Å². The van der Waals surface area contributed by atoms with Gasteiger partial charge in [0.25, 0.3) is 0 Å². The van der Waals surface area contributed by atoms with Crippen molar-refractivity contribution in [3.63, 3.8) is 0 Å². The van der Waals surface area contributed by atoms with Gasteiger partial charge in [-0.3, -0.25) is 10.3 Å². The Balaban J connectivity index is 1.52. The number of allylic oxidation sites excluding steroid dienone is 6. The lowest BCUT2D eigenvalue weighted by molar-refractivity contribution is -0.331. The Kier molecular flexibility index (Phi) is 6.62. The Bertz CT molecular complexity index is 1290. The van der Waals surface area contributed by atoms with Gasteiger partial charge in [0.15, 0.2) is 0 Å². The van der Waals surface area contributed by atoms with Crippen molar-refractivity contribution in [3.05, 3.63) is 108 Å². The highest BCUT2D eigenvalue weighted by Crippen LogP contribution is 2.33. The van der Waals surface area contributed by atoms with E-state index >= 15 is 0 Å². The molecule has 2 aromatic heterocycles. The fraction of sp³-hybridized carbons (Fsp3) is 0.214. The number of nitrogens with one attached hydrogen (secondary N) is 3. The van der Waals surface area contributed by atoms with Gasteiger partial charge in [-0.1, -0.05) is 48.6 Å². The summed E-state index contributed by atoms with van der Waals surface area (Å²) in [6.45, 7) is 0.973. The minimum Gasteiger partial charge on any atom is -0.373 e. The van der Waals surface area contributed by atoms with Gasteiger partial charge < -0.3 is 16.2 Å². The largest absolute Gasteiger partial charge is 0.373 e. The van der Waals surface area contributed by atoms with Crippen molar-refractivity contribution in [3.8, 4) is 11.3 Å². The molecular formula is C28H30N5O+. The number of aliphatic hydroxyl groups is 1. The van der Waals surface area contributed by atoms with E-state index in [0.29, 0.717) is 13.1 Å². The molecule has 1 aromatic carbocycles. The summed E-state index contributed by atoms with van der Waals surface area (Å²) in [4.78, 5) is 8.33. The molecular weight excluding hydrogens is 422 g/mol. The average Bonchev–Trinajstić information content (AvgIpc) is 2.92. The van der Waals surface area contributed by atoms with Crippen LogP contribution in [0.1, 0.15) is 35.6 Å². The van der Waals surface area contributed by atoms with E-state index in [1.165, 1.54) is 5.56 Å². The van der Waals surface area contributed by atoms with Crippen LogP contribution in [0.5, 0.6) is 0 Å². The second-order valence-corrected chi connectivity index (χ2v) is 8.60. The molecule has 0 bridgehead atoms. The van der Waals surface area contributed by atoms with Crippen LogP contribution in [-0.2, 0) is 13.1 Å². The van der Waals surface area contributed by atoms with E-state index in [4.69, 9.17) is 5.73 Å². The standard InChI is InChI=1S/C28H29N5O/c29-17-19-9-11-21(12-10-19)27-22(20-6-2-1-3-7-20)16-23-24(33-27)13-15-31-26(23)18-32-28(34)25-8-4-5-14-30-25/h1-3,5-6,8-16,20,28,30,32,34H,4,7,17-18,29H2/p+1. The maximum absolute atomic E-state index is 10.6. The molecule has 6 nitrogen and oxygen atoms in total. The molecule has 2 atom stereocenters. The van der Waals surface area contributed by atoms with E-state index < -0.39 is 6.23 Å². The number of dihydropyridines is 1. The van der Waals surface area contributed by atoms with Gasteiger partial charge in [0, 0.05) is 42.4 Å². The van der Waals surface area contributed by atoms with Gasteiger partial charge in [-0.15, -0.1) is 0 Å². The number of aliphatic hydroxyl groups excluding tert-OH is 1. The van der Waals surface area contributed by atoms with Gasteiger partial charge in [0.1, 0.15) is 6.23 Å². The van der Waals surface area contributed by atoms with E-state index in [1.54, 1.807) is 0 Å². The lowest BCUT2D eigenvalue weighted by atomic mass is 9.88. The van der Waals surface area contributed by atoms with Gasteiger partial charge in [0.2, 0.25) is 11.2 Å². The normalized spacial score (nSPS) is 18.1. The Hall–Kier alpha value is -3.58. The molecule has 0 spiro atoms. The number of hydrogen-bond acceptors (Lipinski definition) is 5. The highest BCUT2D eigenvalue weighted by Gasteiger charge is 2.23. The summed E-state index contributed by atoms with van der Waals surface area (Å²) in [6.07, 6.45) is 17.3. The quantitative estimate of drug-likeness (QED) is 0.411. The van der Waals surface area contributed by atoms with E-state index in [2.05, 4.69) is 75.2 Å². The molecule has 2 unspecified atom stereocenters. The molecule has 1 aliphatic carbocycles. The molecule has 0 fully saturated rings. The van der Waals surface area contributed by atoms with Crippen LogP contribution in [0.4, 0.5) is 0 Å². The van der Waals surface area contributed by atoms with Crippen LogP contribution in [0.25, 0.3) is 22.2 Å². The zero-order valence-electron chi connectivity index (χ0n) is 19.0. The molecule has 0 amide bonds. The van der Waals surface area contributed by atoms with Gasteiger partial charge in [-0.2, -0.15) is 0 Å². The Labute approximate surface area is 199 Å². The van der Waals surface area contributed by atoms with Crippen molar-refractivity contribution in [2.24, 2.45) is 5.73 Å². The first-order chi connectivity index (χ1) is 16.7. The summed E-state index contributed by atoms with van der Waals surface area (Å²) < 4.78 is 0. The van der Waals surface area contributed by atoms with Crippen molar-refractivity contribution >= 4 is 10.9 Å². The molecule has 3 heterocycles. The molecule has 0 saturated heterocycles. The first-order valence-electron chi connectivity index (χ1n) is 11.7. The van der Waals surface area contributed by atoms with Crippen LogP contribution in [-0.4, -0.2) is 16.3 Å². The Morgan fingerprint density at radius 3 is 2.79 bits per heavy atom. The number of rotatable bonds is 7. The van der Waals surface area contributed by atoms with Crippen LogP contribution in [0.2, 0.25) is 0 Å². The van der Waals surface area contributed by atoms with Gasteiger partial charge >= 0.3 is 0 Å². The molecule has 0 saturated carbocycles. The number of nitrogens with two attached hydrogens (primary N) is 1. The maximum Gasteiger partial charge on any atom is 0.215 e. The Morgan fingerprint density at radius 2 is 2.06 bits per heavy atom. The smallest absolute Gasteiger partial charge is 0.215 e. The number of pyridine rings is 2. The van der Waals surface area contributed by atoms with Crippen LogP contribution in [0.15, 0.2) is 90.9 Å². The highest BCUT2D eigenvalue weighted by molar-refractivity contribution is 5.81. The van der Waals surface area contributed by atoms with Crippen molar-refractivity contribution in [1.82, 2.24) is 15.6 Å². The first kappa shape index (κ1) is 22.2. The van der Waals surface area contributed by atoms with Gasteiger partial charge in [0.05, 0.1) is 16.8 Å². The Morgan fingerprint density at radius 1 is 1.18 bits per heavy atom. The molecule has 5 rings (SSSR count). The summed E-state index contributed by atoms with van der Waals surface area (Å²) >= 11 is 0. The van der Waals surface area contributed by atoms with Crippen LogP contribution < -0.4 is 21.4 Å². The molecule has 3 aromatic rings. The van der Waals surface area contributed by atoms with Crippen molar-refractivity contribution in [1.29, 1.82) is 0 Å². The summed E-state index contributed by atoms with van der Waals surface area (Å²) in [5, 5.41) is 17.9. The number of fused-ring (bicyclic) bond motifs is 1. The number of H-pyrrole nitrogens is 1. The van der Waals surface area contributed by atoms with E-state index in [1.807, 2.05) is 30.6 Å². The SMILES string of the molecule is NCc1ccc(-c2[nH+]c3ccnc(CNC(O)C4=CCC=CN4)c3cc2C2C=CC=CC2)cc1. The average molecular weight is 453 g/mol. The summed E-state index contributed by atoms with van der Waals surface area (Å²) in [7, 11) is 0. The predicted molar refractivity (Wildman–Crippen MR) is 135 cm³/mol. The second-order valence-electron chi connectivity index (χ2n) is 8.60. The number of nitrogens with zero attached hydrogens (tertiary/aromatic N) is 1. The molecule has 6 N–H and O–H groups in total. The third kappa shape index (κ3) is 4.70. The predicted octanol–water partition coefficient (Wildman–Crippen LogP) is 3.57. The van der Waals surface area contributed by atoms with E-state index in [0.717, 1.165) is 52.0 Å². The minimum absolute atomic E-state index is 0.268. The fourth-order valence-electron chi connectivity index (χ4n) is 4.48. The minimum atomic E-state index is -0.780. The topological polar surface area (TPSA) is 97.3 Å². The third-order valence-electron chi connectivity index (χ3n) is 6.38. The zero-order valence-corrected chi connectivity index (χ0v) is 19.0. The van der Waals surface area contributed by atoms with E-state index in [9.17, 15) is 5.11 Å². The van der Waals surface area contributed by atoms with Crippen LogP contribution >= 0.6 is 0 Å². The lowest BCUT2D eigenvalue weighted by Crippen LogP contribution is -2.35. The highest BCUT2D eigenvalue weighted by atomic mass is 16.3. The molecule has 172 valence electrons. The molecule has 34 heavy (non-hydrogen) atoms. The zero-order chi connectivity index (χ0) is 23.3. The maximum atomic E-state index is 10.6. The lowest BCUT2D eigenvalue weighted by Gasteiger charge is -2.19. The van der Waals surface area contributed by atoms with Gasteiger partial charge in [-0.25, -0.2) is 4.98 Å². The number of hydrogen-bond donors (Lipinski definition) is 4. The summed E-state index contributed by atoms with van der Waals surface area (Å²) in [5.74, 6) is 0.268. The summed E-state index contributed by atoms with van der Waals surface area (Å²) in [6, 6.07) is 12.7. The summed E-state index contributed by atoms with van der Waals surface area (Å²) in [5.41, 5.74) is 13.0. The van der Waals surface area contributed by atoms with Crippen LogP contribution in [0, 0.1) is 0 Å². The van der Waals surface area contributed by atoms with Crippen LogP contribution in [0.3, 0.4) is 0 Å².